The van der Waals surface area contributed by atoms with Crippen molar-refractivity contribution in [2.24, 2.45) is 0 Å². The first-order valence-electron chi connectivity index (χ1n) is 5.13. The van der Waals surface area contributed by atoms with Gasteiger partial charge in [0.15, 0.2) is 10.4 Å². The molecule has 3 rings (SSSR count). The molecule has 1 aliphatic rings. The van der Waals surface area contributed by atoms with Gasteiger partial charge in [0, 0.05) is 6.04 Å². The van der Waals surface area contributed by atoms with Gasteiger partial charge in [0.2, 0.25) is 5.89 Å². The van der Waals surface area contributed by atoms with Gasteiger partial charge < -0.3 is 14.2 Å². The molecule has 0 amide bonds. The largest absolute Gasteiger partial charge is 0.444 e. The minimum absolute atomic E-state index is 0.415. The number of hydrogen-bond donors (Lipinski definition) is 1. The average molecular weight is 284 g/mol. The first-order valence-corrected chi connectivity index (χ1v) is 5.92. The molecule has 2 aromatic rings. The summed E-state index contributed by atoms with van der Waals surface area (Å²) in [6, 6.07) is 4.21. The number of nitrogens with one attached hydrogen (secondary N) is 1. The van der Waals surface area contributed by atoms with Crippen molar-refractivity contribution in [3.05, 3.63) is 22.7 Å². The van der Waals surface area contributed by atoms with E-state index in [9.17, 15) is 0 Å². The van der Waals surface area contributed by atoms with Crippen LogP contribution in [0, 0.1) is 0 Å². The van der Waals surface area contributed by atoms with Crippen molar-refractivity contribution in [1.82, 2.24) is 15.5 Å². The summed E-state index contributed by atoms with van der Waals surface area (Å²) < 4.78 is 11.4. The van der Waals surface area contributed by atoms with Crippen LogP contribution in [0.15, 0.2) is 25.6 Å². The van der Waals surface area contributed by atoms with E-state index in [2.05, 4.69) is 31.4 Å². The van der Waals surface area contributed by atoms with E-state index in [1.165, 1.54) is 12.8 Å². The van der Waals surface area contributed by atoms with Crippen LogP contribution in [-0.2, 0) is 6.54 Å². The van der Waals surface area contributed by atoms with E-state index in [-0.39, 0.29) is 0 Å². The lowest BCUT2D eigenvalue weighted by Gasteiger charge is -1.95. The van der Waals surface area contributed by atoms with E-state index >= 15 is 0 Å². The van der Waals surface area contributed by atoms with Gasteiger partial charge in [0.1, 0.15) is 0 Å². The Hall–Kier alpha value is -1.14. The Morgan fingerprint density at radius 2 is 2.19 bits per heavy atom. The van der Waals surface area contributed by atoms with E-state index < -0.39 is 0 Å². The second-order valence-corrected chi connectivity index (χ2v) is 4.54. The molecule has 0 atom stereocenters. The highest BCUT2D eigenvalue weighted by molar-refractivity contribution is 9.10. The zero-order valence-electron chi connectivity index (χ0n) is 8.44. The zero-order chi connectivity index (χ0) is 11.0. The third-order valence-electron chi connectivity index (χ3n) is 2.37. The third-order valence-corrected chi connectivity index (χ3v) is 2.80. The summed E-state index contributed by atoms with van der Waals surface area (Å²) >= 11 is 3.23. The summed E-state index contributed by atoms with van der Waals surface area (Å²) in [6.45, 7) is 0.625. The molecule has 5 nitrogen and oxygen atoms in total. The maximum absolute atomic E-state index is 5.46. The number of aromatic nitrogens is 2. The lowest BCUT2D eigenvalue weighted by Crippen LogP contribution is -2.15. The van der Waals surface area contributed by atoms with Gasteiger partial charge in [0.25, 0.3) is 5.89 Å². The van der Waals surface area contributed by atoms with E-state index in [0.717, 1.165) is 0 Å². The van der Waals surface area contributed by atoms with Crippen LogP contribution in [0.4, 0.5) is 0 Å². The first kappa shape index (κ1) is 10.0. The maximum atomic E-state index is 5.46. The van der Waals surface area contributed by atoms with Crippen LogP contribution in [0.25, 0.3) is 11.7 Å². The summed E-state index contributed by atoms with van der Waals surface area (Å²) in [5.41, 5.74) is 0. The second-order valence-electron chi connectivity index (χ2n) is 3.76. The van der Waals surface area contributed by atoms with E-state index in [4.69, 9.17) is 8.83 Å². The Morgan fingerprint density at radius 3 is 2.88 bits per heavy atom. The van der Waals surface area contributed by atoms with Crippen molar-refractivity contribution >= 4 is 15.9 Å². The van der Waals surface area contributed by atoms with Crippen LogP contribution in [-0.4, -0.2) is 16.2 Å². The molecule has 1 aliphatic carbocycles. The van der Waals surface area contributed by atoms with Gasteiger partial charge in [0.05, 0.1) is 6.54 Å². The van der Waals surface area contributed by atoms with Gasteiger partial charge in [-0.2, -0.15) is 0 Å². The standard InChI is InChI=1S/C10H10BrN3O2/c11-8-4-3-7(15-8)10-14-13-9(16-10)5-12-6-1-2-6/h3-4,6,12H,1-2,5H2. The highest BCUT2D eigenvalue weighted by atomic mass is 79.9. The number of rotatable bonds is 4. The zero-order valence-corrected chi connectivity index (χ0v) is 10.0. The molecule has 1 saturated carbocycles. The van der Waals surface area contributed by atoms with E-state index in [1.807, 2.05) is 0 Å². The molecule has 0 bridgehead atoms. The molecule has 0 aliphatic heterocycles. The molecule has 0 saturated heterocycles. The summed E-state index contributed by atoms with van der Waals surface area (Å²) in [4.78, 5) is 0. The lowest BCUT2D eigenvalue weighted by atomic mass is 10.4. The summed E-state index contributed by atoms with van der Waals surface area (Å²) in [7, 11) is 0. The monoisotopic (exact) mass is 283 g/mol. The van der Waals surface area contributed by atoms with Crippen molar-refractivity contribution in [3.8, 4) is 11.7 Å². The molecule has 1 fully saturated rings. The van der Waals surface area contributed by atoms with Gasteiger partial charge >= 0.3 is 0 Å². The first-order chi connectivity index (χ1) is 7.81. The molecule has 0 unspecified atom stereocenters. The maximum Gasteiger partial charge on any atom is 0.283 e. The highest BCUT2D eigenvalue weighted by Crippen LogP contribution is 2.24. The molecular formula is C10H10BrN3O2. The summed E-state index contributed by atoms with van der Waals surface area (Å²) in [5.74, 6) is 1.59. The highest BCUT2D eigenvalue weighted by Gasteiger charge is 2.21. The van der Waals surface area contributed by atoms with Crippen molar-refractivity contribution in [2.45, 2.75) is 25.4 Å². The Morgan fingerprint density at radius 1 is 1.31 bits per heavy atom. The molecule has 2 aromatic heterocycles. The molecule has 84 valence electrons. The number of furan rings is 1. The van der Waals surface area contributed by atoms with Crippen LogP contribution in [0.5, 0.6) is 0 Å². The van der Waals surface area contributed by atoms with Crippen LogP contribution in [0.3, 0.4) is 0 Å². The molecular weight excluding hydrogens is 274 g/mol. The second kappa shape index (κ2) is 4.03. The SMILES string of the molecule is Brc1ccc(-c2nnc(CNC3CC3)o2)o1. The Labute approximate surface area is 100 Å². The predicted octanol–water partition coefficient (Wildman–Crippen LogP) is 2.34. The van der Waals surface area contributed by atoms with Crippen molar-refractivity contribution in [1.29, 1.82) is 0 Å². The van der Waals surface area contributed by atoms with Crippen LogP contribution < -0.4 is 5.32 Å². The predicted molar refractivity (Wildman–Crippen MR) is 59.6 cm³/mol. The molecule has 1 N–H and O–H groups in total. The van der Waals surface area contributed by atoms with Crippen molar-refractivity contribution in [2.75, 3.05) is 0 Å². The fraction of sp³-hybridized carbons (Fsp3) is 0.400. The Balaban J connectivity index is 1.71. The molecule has 0 spiro atoms. The molecule has 0 aromatic carbocycles. The minimum atomic E-state index is 0.415. The normalized spacial score (nSPS) is 15.6. The molecule has 6 heteroatoms. The number of halogens is 1. The molecule has 16 heavy (non-hydrogen) atoms. The van der Waals surface area contributed by atoms with Gasteiger partial charge in [-0.1, -0.05) is 0 Å². The van der Waals surface area contributed by atoms with Gasteiger partial charge in [-0.05, 0) is 40.9 Å². The van der Waals surface area contributed by atoms with Gasteiger partial charge in [-0.3, -0.25) is 0 Å². The quantitative estimate of drug-likeness (QED) is 0.933. The van der Waals surface area contributed by atoms with Crippen LogP contribution in [0.1, 0.15) is 18.7 Å². The van der Waals surface area contributed by atoms with Gasteiger partial charge in [-0.15, -0.1) is 10.2 Å². The number of hydrogen-bond acceptors (Lipinski definition) is 5. The van der Waals surface area contributed by atoms with Crippen molar-refractivity contribution in [3.63, 3.8) is 0 Å². The molecule has 2 heterocycles. The fourth-order valence-corrected chi connectivity index (χ4v) is 1.68. The summed E-state index contributed by atoms with van der Waals surface area (Å²) in [5, 5.41) is 11.2. The number of nitrogens with zero attached hydrogens (tertiary/aromatic N) is 2. The van der Waals surface area contributed by atoms with E-state index in [0.29, 0.717) is 34.8 Å². The molecule has 0 radical (unpaired) electrons. The average Bonchev–Trinajstić information content (AvgIpc) is 2.81. The lowest BCUT2D eigenvalue weighted by molar-refractivity contribution is 0.456. The van der Waals surface area contributed by atoms with Crippen LogP contribution in [0.2, 0.25) is 0 Å². The van der Waals surface area contributed by atoms with E-state index in [1.54, 1.807) is 12.1 Å². The van der Waals surface area contributed by atoms with Crippen LogP contribution >= 0.6 is 15.9 Å². The Kier molecular flexibility index (Phi) is 2.53. The fourth-order valence-electron chi connectivity index (χ4n) is 1.37. The topological polar surface area (TPSA) is 64.1 Å². The minimum Gasteiger partial charge on any atom is -0.444 e. The van der Waals surface area contributed by atoms with Gasteiger partial charge in [-0.25, -0.2) is 0 Å². The van der Waals surface area contributed by atoms with Crippen molar-refractivity contribution < 1.29 is 8.83 Å². The summed E-state index contributed by atoms with van der Waals surface area (Å²) in [6.07, 6.45) is 2.48. The third kappa shape index (κ3) is 2.17. The Bertz CT molecular complexity index is 490. The smallest absolute Gasteiger partial charge is 0.283 e.